The Kier molecular flexibility index (Phi) is 5.09. The van der Waals surface area contributed by atoms with Gasteiger partial charge in [-0.05, 0) is 46.6 Å². The van der Waals surface area contributed by atoms with E-state index in [1.165, 1.54) is 0 Å². The largest absolute Gasteiger partial charge is 0.335 e. The van der Waals surface area contributed by atoms with Crippen LogP contribution in [0, 0.1) is 0 Å². The number of hydrogen-bond donors (Lipinski definition) is 0. The fraction of sp³-hybridized carbons (Fsp3) is 0.722. The van der Waals surface area contributed by atoms with Crippen molar-refractivity contribution in [1.29, 1.82) is 0 Å². The molecule has 1 aromatic rings. The molecule has 3 atom stereocenters. The predicted octanol–water partition coefficient (Wildman–Crippen LogP) is 0.859. The van der Waals surface area contributed by atoms with Crippen LogP contribution in [0.1, 0.15) is 46.6 Å². The van der Waals surface area contributed by atoms with Crippen LogP contribution >= 0.6 is 0 Å². The average Bonchev–Trinajstić information content (AvgIpc) is 3.14. The van der Waals surface area contributed by atoms with Crippen LogP contribution in [0.5, 0.6) is 0 Å². The lowest BCUT2D eigenvalue weighted by molar-refractivity contribution is -0.152. The number of carbonyl (C=O) groups is 2. The van der Waals surface area contributed by atoms with Crippen LogP contribution in [0.3, 0.4) is 0 Å². The van der Waals surface area contributed by atoms with E-state index >= 15 is 0 Å². The van der Waals surface area contributed by atoms with Gasteiger partial charge in [0.05, 0.1) is 4.75 Å². The van der Waals surface area contributed by atoms with Crippen molar-refractivity contribution in [2.24, 2.45) is 0 Å². The first-order valence-corrected chi connectivity index (χ1v) is 11.0. The molecule has 0 saturated carbocycles. The molecular formula is C18H28N4O4S. The first kappa shape index (κ1) is 19.9. The molecule has 3 saturated heterocycles. The highest BCUT2D eigenvalue weighted by molar-refractivity contribution is 7.93. The van der Waals surface area contributed by atoms with Gasteiger partial charge in [0.2, 0.25) is 11.8 Å². The summed E-state index contributed by atoms with van der Waals surface area (Å²) < 4.78 is 25.4. The number of rotatable bonds is 4. The van der Waals surface area contributed by atoms with Crippen LogP contribution in [-0.4, -0.2) is 75.5 Å². The van der Waals surface area contributed by atoms with E-state index in [0.717, 1.165) is 12.8 Å². The molecule has 1 aromatic heterocycles. The summed E-state index contributed by atoms with van der Waals surface area (Å²) in [5.41, 5.74) is 0. The van der Waals surface area contributed by atoms with Gasteiger partial charge in [-0.2, -0.15) is 5.10 Å². The third kappa shape index (κ3) is 3.74. The van der Waals surface area contributed by atoms with Gasteiger partial charge in [0, 0.05) is 37.6 Å². The fourth-order valence-electron chi connectivity index (χ4n) is 3.73. The van der Waals surface area contributed by atoms with Gasteiger partial charge in [-0.1, -0.05) is 0 Å². The number of fused-ring (bicyclic) bond motifs is 3. The van der Waals surface area contributed by atoms with Crippen molar-refractivity contribution in [3.63, 3.8) is 0 Å². The lowest BCUT2D eigenvalue weighted by atomic mass is 9.90. The second kappa shape index (κ2) is 6.92. The van der Waals surface area contributed by atoms with Gasteiger partial charge in [-0.3, -0.25) is 14.3 Å². The molecule has 2 amide bonds. The SMILES string of the molecule is CC(C(=O)N1CC2CCC1CN2C(=O)CS(=O)(=O)C(C)(C)C)n1cccn1. The summed E-state index contributed by atoms with van der Waals surface area (Å²) in [5.74, 6) is -0.841. The third-order valence-corrected chi connectivity index (χ3v) is 8.15. The summed E-state index contributed by atoms with van der Waals surface area (Å²) in [6.07, 6.45) is 5.03. The Morgan fingerprint density at radius 1 is 1.15 bits per heavy atom. The maximum absolute atomic E-state index is 12.9. The Labute approximate surface area is 160 Å². The van der Waals surface area contributed by atoms with Crippen molar-refractivity contribution >= 4 is 21.7 Å². The van der Waals surface area contributed by atoms with Gasteiger partial charge >= 0.3 is 0 Å². The molecule has 0 aromatic carbocycles. The van der Waals surface area contributed by atoms with Crippen molar-refractivity contribution in [2.75, 3.05) is 18.8 Å². The number of carbonyl (C=O) groups excluding carboxylic acids is 2. The lowest BCUT2D eigenvalue weighted by Crippen LogP contribution is -2.66. The highest BCUT2D eigenvalue weighted by Gasteiger charge is 2.45. The molecule has 0 aliphatic carbocycles. The second-order valence-electron chi connectivity index (χ2n) is 8.46. The van der Waals surface area contributed by atoms with Crippen LogP contribution < -0.4 is 0 Å². The van der Waals surface area contributed by atoms with Crippen molar-refractivity contribution in [1.82, 2.24) is 19.6 Å². The number of piperazine rings is 1. The first-order chi connectivity index (χ1) is 12.5. The number of aromatic nitrogens is 2. The second-order valence-corrected chi connectivity index (χ2v) is 11.2. The van der Waals surface area contributed by atoms with Gasteiger partial charge in [0.25, 0.3) is 0 Å². The van der Waals surface area contributed by atoms with Gasteiger partial charge in [0.1, 0.15) is 11.8 Å². The summed E-state index contributed by atoms with van der Waals surface area (Å²) in [6.45, 7) is 7.49. The molecule has 3 unspecified atom stereocenters. The minimum Gasteiger partial charge on any atom is -0.335 e. The molecule has 0 spiro atoms. The number of piperidine rings is 2. The van der Waals surface area contributed by atoms with Crippen LogP contribution in [-0.2, 0) is 19.4 Å². The molecule has 4 heterocycles. The minimum atomic E-state index is -3.52. The third-order valence-electron chi connectivity index (χ3n) is 5.66. The Hall–Kier alpha value is -1.90. The van der Waals surface area contributed by atoms with Crippen molar-refractivity contribution in [2.45, 2.75) is 63.4 Å². The maximum atomic E-state index is 12.9. The summed E-state index contributed by atoms with van der Waals surface area (Å²) in [5, 5.41) is 4.14. The van der Waals surface area contributed by atoms with Crippen molar-refractivity contribution in [3.8, 4) is 0 Å². The molecule has 3 aliphatic rings. The van der Waals surface area contributed by atoms with E-state index < -0.39 is 26.4 Å². The van der Waals surface area contributed by atoms with E-state index in [9.17, 15) is 18.0 Å². The Morgan fingerprint density at radius 2 is 1.74 bits per heavy atom. The number of amides is 2. The van der Waals surface area contributed by atoms with Crippen LogP contribution in [0.25, 0.3) is 0 Å². The summed E-state index contributed by atoms with van der Waals surface area (Å²) in [7, 11) is -3.52. The molecule has 150 valence electrons. The fourth-order valence-corrected chi connectivity index (χ4v) is 4.65. The minimum absolute atomic E-state index is 0.0113. The number of hydrogen-bond acceptors (Lipinski definition) is 5. The molecule has 3 aliphatic heterocycles. The van der Waals surface area contributed by atoms with E-state index in [1.807, 2.05) is 11.8 Å². The predicted molar refractivity (Wildman–Crippen MR) is 101 cm³/mol. The summed E-state index contributed by atoms with van der Waals surface area (Å²) >= 11 is 0. The highest BCUT2D eigenvalue weighted by atomic mass is 32.2. The van der Waals surface area contributed by atoms with E-state index in [2.05, 4.69) is 5.10 Å². The van der Waals surface area contributed by atoms with E-state index in [4.69, 9.17) is 0 Å². The zero-order valence-electron chi connectivity index (χ0n) is 16.3. The van der Waals surface area contributed by atoms with Crippen molar-refractivity contribution in [3.05, 3.63) is 18.5 Å². The molecule has 0 N–H and O–H groups in total. The van der Waals surface area contributed by atoms with E-state index in [0.29, 0.717) is 13.1 Å². The quantitative estimate of drug-likeness (QED) is 0.753. The van der Waals surface area contributed by atoms with Gasteiger partial charge in [-0.25, -0.2) is 8.42 Å². The van der Waals surface area contributed by atoms with E-state index in [-0.39, 0.29) is 23.9 Å². The summed E-state index contributed by atoms with van der Waals surface area (Å²) in [6, 6.07) is 1.19. The molecule has 9 heteroatoms. The first-order valence-electron chi connectivity index (χ1n) is 9.32. The molecule has 2 bridgehead atoms. The topological polar surface area (TPSA) is 92.6 Å². The maximum Gasteiger partial charge on any atom is 0.247 e. The Morgan fingerprint density at radius 3 is 2.22 bits per heavy atom. The van der Waals surface area contributed by atoms with Gasteiger partial charge in [-0.15, -0.1) is 0 Å². The summed E-state index contributed by atoms with van der Waals surface area (Å²) in [4.78, 5) is 29.1. The molecule has 3 fully saturated rings. The van der Waals surface area contributed by atoms with Gasteiger partial charge in [0.15, 0.2) is 9.84 Å². The smallest absolute Gasteiger partial charge is 0.247 e. The van der Waals surface area contributed by atoms with Crippen molar-refractivity contribution < 1.29 is 18.0 Å². The highest BCUT2D eigenvalue weighted by Crippen LogP contribution is 2.31. The standard InChI is InChI=1S/C18H28N4O4S/c1-13(22-9-5-8-19-22)17(24)21-11-14-6-7-15(21)10-20(14)16(23)12-27(25,26)18(2,3)4/h5,8-9,13-15H,6-7,10-12H2,1-4H3. The molecule has 0 radical (unpaired) electrons. The van der Waals surface area contributed by atoms with E-state index in [1.54, 1.807) is 48.8 Å². The Bertz CT molecular complexity index is 813. The zero-order valence-corrected chi connectivity index (χ0v) is 17.1. The molecule has 4 rings (SSSR count). The zero-order chi connectivity index (χ0) is 20.0. The number of sulfone groups is 1. The lowest BCUT2D eigenvalue weighted by Gasteiger charge is -2.52. The van der Waals surface area contributed by atoms with Crippen LogP contribution in [0.2, 0.25) is 0 Å². The number of nitrogens with zero attached hydrogens (tertiary/aromatic N) is 4. The monoisotopic (exact) mass is 396 g/mol. The molecule has 8 nitrogen and oxygen atoms in total. The van der Waals surface area contributed by atoms with Crippen LogP contribution in [0.15, 0.2) is 18.5 Å². The van der Waals surface area contributed by atoms with Crippen LogP contribution in [0.4, 0.5) is 0 Å². The average molecular weight is 397 g/mol. The molecular weight excluding hydrogens is 368 g/mol. The Balaban J connectivity index is 1.68. The normalized spacial score (nSPS) is 24.1. The molecule has 27 heavy (non-hydrogen) atoms. The van der Waals surface area contributed by atoms with Gasteiger partial charge < -0.3 is 9.80 Å².